The van der Waals surface area contributed by atoms with E-state index >= 15 is 0 Å². The SMILES string of the molecule is COC(=O)CN(CC(CC=O)c1ccc([ClH+])c(Cl)c1)C(=O)c1c(OC)c(C#N)cc2ccccc12. The maximum atomic E-state index is 13.9. The molecule has 1 atom stereocenters. The van der Waals surface area contributed by atoms with Gasteiger partial charge >= 0.3 is 5.97 Å². The van der Waals surface area contributed by atoms with Crippen LogP contribution in [0.4, 0.5) is 0 Å². The van der Waals surface area contributed by atoms with Crippen molar-refractivity contribution in [2.45, 2.75) is 12.3 Å². The van der Waals surface area contributed by atoms with Crippen molar-refractivity contribution in [1.82, 2.24) is 4.90 Å². The number of amides is 1. The number of fused-ring (bicyclic) bond motifs is 1. The normalized spacial score (nSPS) is 11.4. The van der Waals surface area contributed by atoms with Crippen molar-refractivity contribution in [3.63, 3.8) is 0 Å². The monoisotopic (exact) mass is 513 g/mol. The maximum Gasteiger partial charge on any atom is 0.325 e. The van der Waals surface area contributed by atoms with Crippen LogP contribution in [-0.4, -0.2) is 50.4 Å². The first-order valence-corrected chi connectivity index (χ1v) is 11.4. The summed E-state index contributed by atoms with van der Waals surface area (Å²) in [6, 6.07) is 15.9. The minimum absolute atomic E-state index is 0.00798. The zero-order valence-electron chi connectivity index (χ0n) is 19.1. The maximum absolute atomic E-state index is 13.9. The van der Waals surface area contributed by atoms with Gasteiger partial charge in [-0.1, -0.05) is 41.9 Å². The van der Waals surface area contributed by atoms with Gasteiger partial charge in [0.25, 0.3) is 5.91 Å². The molecule has 0 saturated heterocycles. The van der Waals surface area contributed by atoms with E-state index in [0.29, 0.717) is 26.4 Å². The molecule has 0 bridgehead atoms. The molecular weight excluding hydrogens is 491 g/mol. The van der Waals surface area contributed by atoms with Gasteiger partial charge in [0, 0.05) is 24.9 Å². The molecule has 0 aliphatic heterocycles. The van der Waals surface area contributed by atoms with Crippen LogP contribution < -0.4 is 4.74 Å². The Balaban J connectivity index is 2.14. The molecule has 0 aliphatic carbocycles. The van der Waals surface area contributed by atoms with Gasteiger partial charge in [0.05, 0.1) is 25.3 Å². The summed E-state index contributed by atoms with van der Waals surface area (Å²) in [5.41, 5.74) is 1.03. The molecule has 1 unspecified atom stereocenters. The van der Waals surface area contributed by atoms with Gasteiger partial charge in [-0.3, -0.25) is 9.59 Å². The fraction of sp³-hybridized carbons (Fsp3) is 0.231. The number of nitrogens with zero attached hydrogens (tertiary/aromatic N) is 2. The zero-order chi connectivity index (χ0) is 25.5. The summed E-state index contributed by atoms with van der Waals surface area (Å²) in [4.78, 5) is 39.0. The number of esters is 1. The molecule has 3 rings (SSSR count). The molecule has 35 heavy (non-hydrogen) atoms. The van der Waals surface area contributed by atoms with Crippen molar-refractivity contribution in [3.8, 4) is 11.8 Å². The number of rotatable bonds is 9. The summed E-state index contributed by atoms with van der Waals surface area (Å²) < 4.78 is 10.3. The average Bonchev–Trinajstić information content (AvgIpc) is 2.87. The van der Waals surface area contributed by atoms with E-state index in [1.165, 1.54) is 19.1 Å². The standard InChI is InChI=1S/C26H23Cl2N2O5/c1-34-23(32)15-30(14-18(9-10-31)16-7-8-21(27)22(28)12-16)26(33)24-20-6-4-3-5-17(20)11-19(13-29)25(24)35-2/h3-8,10-12,18,27H,9,14-15H2,1-2H3/q+1. The van der Waals surface area contributed by atoms with E-state index in [9.17, 15) is 19.6 Å². The Hall–Kier alpha value is -3.60. The van der Waals surface area contributed by atoms with Crippen LogP contribution in [0.1, 0.15) is 33.8 Å². The second kappa shape index (κ2) is 11.7. The lowest BCUT2D eigenvalue weighted by Crippen LogP contribution is -2.39. The van der Waals surface area contributed by atoms with Crippen LogP contribution in [0.25, 0.3) is 10.8 Å². The Kier molecular flexibility index (Phi) is 8.69. The Bertz CT molecular complexity index is 1320. The van der Waals surface area contributed by atoms with Gasteiger partial charge in [0.2, 0.25) is 5.02 Å². The van der Waals surface area contributed by atoms with Crippen molar-refractivity contribution in [1.29, 1.82) is 5.26 Å². The fourth-order valence-electron chi connectivity index (χ4n) is 3.90. The third kappa shape index (κ3) is 5.73. The Morgan fingerprint density at radius 3 is 2.57 bits per heavy atom. The highest BCUT2D eigenvalue weighted by atomic mass is 35.5. The van der Waals surface area contributed by atoms with E-state index in [1.54, 1.807) is 48.5 Å². The highest BCUT2D eigenvalue weighted by molar-refractivity contribution is 6.31. The molecule has 7 nitrogen and oxygen atoms in total. The number of ether oxygens (including phenoxy) is 2. The number of hydrogen-bond acceptors (Lipinski definition) is 6. The molecule has 9 heteroatoms. The number of methoxy groups -OCH3 is 2. The molecule has 3 aromatic carbocycles. The van der Waals surface area contributed by atoms with E-state index in [0.717, 1.165) is 6.29 Å². The average molecular weight is 514 g/mol. The Labute approximate surface area is 212 Å². The fourth-order valence-corrected chi connectivity index (χ4v) is 4.22. The topological polar surface area (TPSA) is 96.7 Å². The van der Waals surface area contributed by atoms with Gasteiger partial charge in [0.1, 0.15) is 29.7 Å². The third-order valence-corrected chi connectivity index (χ3v) is 6.40. The molecule has 3 aromatic rings. The summed E-state index contributed by atoms with van der Waals surface area (Å²) in [6.07, 6.45) is 0.821. The van der Waals surface area contributed by atoms with Crippen LogP contribution >= 0.6 is 11.6 Å². The molecule has 180 valence electrons. The molecule has 1 amide bonds. The first kappa shape index (κ1) is 26.0. The Morgan fingerprint density at radius 1 is 1.20 bits per heavy atom. The first-order valence-electron chi connectivity index (χ1n) is 10.6. The summed E-state index contributed by atoms with van der Waals surface area (Å²) in [7, 11) is 2.60. The van der Waals surface area contributed by atoms with E-state index in [4.69, 9.17) is 32.7 Å². The molecular formula is C26H23Cl2N2O5+. The quantitative estimate of drug-likeness (QED) is 0.316. The molecule has 0 saturated carbocycles. The number of benzene rings is 3. The van der Waals surface area contributed by atoms with Crippen LogP contribution in [0.3, 0.4) is 0 Å². The molecule has 0 spiro atoms. The van der Waals surface area contributed by atoms with Gasteiger partial charge in [-0.2, -0.15) is 5.26 Å². The van der Waals surface area contributed by atoms with Crippen LogP contribution in [0.15, 0.2) is 48.5 Å². The van der Waals surface area contributed by atoms with Crippen molar-refractivity contribution in [2.75, 3.05) is 27.3 Å². The second-order valence-electron chi connectivity index (χ2n) is 7.72. The van der Waals surface area contributed by atoms with Gasteiger partial charge in [0.15, 0.2) is 11.6 Å². The number of hydrogen-bond donors (Lipinski definition) is 0. The van der Waals surface area contributed by atoms with E-state index in [1.807, 2.05) is 0 Å². The molecule has 0 aromatic heterocycles. The van der Waals surface area contributed by atoms with Crippen molar-refractivity contribution in [2.24, 2.45) is 0 Å². The van der Waals surface area contributed by atoms with Gasteiger partial charge in [-0.25, -0.2) is 0 Å². The van der Waals surface area contributed by atoms with Gasteiger partial charge in [-0.15, -0.1) is 0 Å². The minimum Gasteiger partial charge on any atom is -0.495 e. The lowest BCUT2D eigenvalue weighted by Gasteiger charge is -2.27. The van der Waals surface area contributed by atoms with Crippen LogP contribution in [0.5, 0.6) is 5.75 Å². The summed E-state index contributed by atoms with van der Waals surface area (Å²) in [6.45, 7) is -0.361. The van der Waals surface area contributed by atoms with Crippen LogP contribution in [-0.2, 0) is 14.3 Å². The molecule has 0 fully saturated rings. The smallest absolute Gasteiger partial charge is 0.325 e. The predicted molar refractivity (Wildman–Crippen MR) is 129 cm³/mol. The van der Waals surface area contributed by atoms with Crippen LogP contribution in [0, 0.1) is 22.9 Å². The summed E-state index contributed by atoms with van der Waals surface area (Å²) in [5.74, 6) is -1.54. The summed E-state index contributed by atoms with van der Waals surface area (Å²) in [5, 5.41) is 11.7. The largest absolute Gasteiger partial charge is 0.495 e. The van der Waals surface area contributed by atoms with Gasteiger partial charge in [-0.05, 0) is 28.5 Å². The third-order valence-electron chi connectivity index (χ3n) is 5.62. The highest BCUT2D eigenvalue weighted by Crippen LogP contribution is 2.34. The minimum atomic E-state index is -0.637. The van der Waals surface area contributed by atoms with Crippen LogP contribution in [0.2, 0.25) is 10.0 Å². The first-order chi connectivity index (χ1) is 16.8. The molecule has 0 N–H and O–H groups in total. The number of carbonyl (C=O) groups is 3. The van der Waals surface area contributed by atoms with E-state index in [-0.39, 0.29) is 36.4 Å². The predicted octanol–water partition coefficient (Wildman–Crippen LogP) is 4.06. The highest BCUT2D eigenvalue weighted by Gasteiger charge is 2.29. The molecule has 0 heterocycles. The second-order valence-corrected chi connectivity index (χ2v) is 8.56. The molecule has 0 aliphatic rings. The van der Waals surface area contributed by atoms with Crippen molar-refractivity contribution in [3.05, 3.63) is 75.3 Å². The van der Waals surface area contributed by atoms with Crippen molar-refractivity contribution < 1.29 is 35.5 Å². The number of halogens is 2. The number of nitriles is 1. The summed E-state index contributed by atoms with van der Waals surface area (Å²) >= 11 is 11.4. The Morgan fingerprint density at radius 2 is 1.94 bits per heavy atom. The number of aldehydes is 1. The van der Waals surface area contributed by atoms with E-state index < -0.39 is 17.8 Å². The van der Waals surface area contributed by atoms with Crippen molar-refractivity contribution >= 4 is 40.5 Å². The van der Waals surface area contributed by atoms with E-state index in [2.05, 4.69) is 6.07 Å². The number of carbonyl (C=O) groups excluding carboxylic acids is 3. The zero-order valence-corrected chi connectivity index (χ0v) is 20.7. The lowest BCUT2D eigenvalue weighted by molar-refractivity contribution is -0.288. The molecule has 0 radical (unpaired) electrons. The lowest BCUT2D eigenvalue weighted by atomic mass is 9.94. The van der Waals surface area contributed by atoms with Gasteiger partial charge < -0.3 is 19.2 Å².